The average Bonchev–Trinajstić information content (AvgIpc) is 3.18. The summed E-state index contributed by atoms with van der Waals surface area (Å²) in [5.74, 6) is -0.256. The van der Waals surface area contributed by atoms with Crippen LogP contribution < -0.4 is 14.9 Å². The number of halogens is 3. The SMILES string of the molecule is Cc1sc(=O)n(CC(=O)N2CCN(Cc3ccc(CNC(=O)C4CC(c5ccc(OC(F)(F)F)cc5)C4)cc3)CC2)c1C. The van der Waals surface area contributed by atoms with Crippen molar-refractivity contribution in [2.45, 2.75) is 58.6 Å². The third-order valence-corrected chi connectivity index (χ3v) is 9.38. The molecule has 0 spiro atoms. The van der Waals surface area contributed by atoms with E-state index in [1.165, 1.54) is 23.5 Å². The molecule has 1 aliphatic heterocycles. The van der Waals surface area contributed by atoms with Gasteiger partial charge >= 0.3 is 11.2 Å². The number of benzene rings is 2. The molecule has 3 aromatic rings. The lowest BCUT2D eigenvalue weighted by Crippen LogP contribution is -2.49. The molecule has 43 heavy (non-hydrogen) atoms. The van der Waals surface area contributed by atoms with Gasteiger partial charge in [-0.15, -0.1) is 13.2 Å². The second kappa shape index (κ2) is 12.9. The van der Waals surface area contributed by atoms with Gasteiger partial charge in [0.05, 0.1) is 0 Å². The number of aromatic nitrogens is 1. The number of piperazine rings is 1. The molecule has 0 atom stereocenters. The van der Waals surface area contributed by atoms with Crippen LogP contribution in [0.2, 0.25) is 0 Å². The van der Waals surface area contributed by atoms with Crippen molar-refractivity contribution >= 4 is 23.2 Å². The highest BCUT2D eigenvalue weighted by atomic mass is 32.1. The number of nitrogens with one attached hydrogen (secondary N) is 1. The van der Waals surface area contributed by atoms with E-state index in [0.717, 1.165) is 46.9 Å². The number of carbonyl (C=O) groups is 2. The standard InChI is InChI=1S/C31H35F3N4O4S/c1-20-21(2)43-30(41)38(20)19-28(39)37-13-11-36(12-14-37)18-23-5-3-22(4-6-23)17-35-29(40)26-15-25(16-26)24-7-9-27(10-8-24)42-31(32,33)34/h3-10,25-26H,11-19H2,1-2H3,(H,35,40). The molecular formula is C31H35F3N4O4S. The van der Waals surface area contributed by atoms with E-state index in [9.17, 15) is 27.6 Å². The van der Waals surface area contributed by atoms with Crippen LogP contribution in [0, 0.1) is 19.8 Å². The molecule has 8 nitrogen and oxygen atoms in total. The van der Waals surface area contributed by atoms with Crippen molar-refractivity contribution in [3.63, 3.8) is 0 Å². The zero-order valence-corrected chi connectivity index (χ0v) is 25.0. The number of rotatable bonds is 9. The molecule has 2 aliphatic rings. The zero-order chi connectivity index (χ0) is 30.7. The Bertz CT molecular complexity index is 1490. The fourth-order valence-corrected chi connectivity index (χ4v) is 6.39. The summed E-state index contributed by atoms with van der Waals surface area (Å²) >= 11 is 1.18. The predicted octanol–water partition coefficient (Wildman–Crippen LogP) is 4.58. The largest absolute Gasteiger partial charge is 0.573 e. The molecule has 12 heteroatoms. The van der Waals surface area contributed by atoms with Crippen molar-refractivity contribution in [1.82, 2.24) is 19.7 Å². The number of aryl methyl sites for hydroxylation is 1. The molecular weight excluding hydrogens is 581 g/mol. The van der Waals surface area contributed by atoms with Crippen LogP contribution >= 0.6 is 11.3 Å². The molecule has 2 fully saturated rings. The maximum Gasteiger partial charge on any atom is 0.573 e. The van der Waals surface area contributed by atoms with Gasteiger partial charge in [-0.1, -0.05) is 47.7 Å². The average molecular weight is 617 g/mol. The number of carbonyl (C=O) groups excluding carboxylic acids is 2. The Morgan fingerprint density at radius 3 is 2.16 bits per heavy atom. The molecule has 2 amide bonds. The highest BCUT2D eigenvalue weighted by molar-refractivity contribution is 7.09. The molecule has 0 unspecified atom stereocenters. The minimum Gasteiger partial charge on any atom is -0.406 e. The van der Waals surface area contributed by atoms with Crippen LogP contribution in [0.3, 0.4) is 0 Å². The molecule has 2 heterocycles. The van der Waals surface area contributed by atoms with E-state index >= 15 is 0 Å². The normalized spacial score (nSPS) is 19.1. The van der Waals surface area contributed by atoms with Crippen LogP contribution in [-0.4, -0.2) is 58.7 Å². The molecule has 1 aliphatic carbocycles. The molecule has 1 N–H and O–H groups in total. The van der Waals surface area contributed by atoms with E-state index in [0.29, 0.717) is 32.5 Å². The third-order valence-electron chi connectivity index (χ3n) is 8.38. The Kier molecular flexibility index (Phi) is 9.26. The van der Waals surface area contributed by atoms with E-state index < -0.39 is 6.36 Å². The minimum absolute atomic E-state index is 0.0149. The van der Waals surface area contributed by atoms with Crippen molar-refractivity contribution in [3.8, 4) is 5.75 Å². The molecule has 1 aromatic heterocycles. The first-order chi connectivity index (χ1) is 20.4. The van der Waals surface area contributed by atoms with Crippen LogP contribution in [0.4, 0.5) is 13.2 Å². The summed E-state index contributed by atoms with van der Waals surface area (Å²) in [7, 11) is 0. The number of hydrogen-bond acceptors (Lipinski definition) is 6. The highest BCUT2D eigenvalue weighted by Crippen LogP contribution is 2.42. The fourth-order valence-electron chi connectivity index (χ4n) is 5.56. The third kappa shape index (κ3) is 7.85. The number of alkyl halides is 3. The van der Waals surface area contributed by atoms with Crippen LogP contribution in [-0.2, 0) is 29.2 Å². The lowest BCUT2D eigenvalue weighted by molar-refractivity contribution is -0.274. The van der Waals surface area contributed by atoms with Gasteiger partial charge in [0.25, 0.3) is 0 Å². The van der Waals surface area contributed by atoms with Gasteiger partial charge in [-0.25, -0.2) is 0 Å². The van der Waals surface area contributed by atoms with Gasteiger partial charge < -0.3 is 15.0 Å². The monoisotopic (exact) mass is 616 g/mol. The Hall–Kier alpha value is -3.64. The van der Waals surface area contributed by atoms with E-state index in [1.807, 2.05) is 30.9 Å². The molecule has 5 rings (SSSR count). The van der Waals surface area contributed by atoms with Gasteiger partial charge in [0, 0.05) is 55.8 Å². The Morgan fingerprint density at radius 2 is 1.58 bits per heavy atom. The number of amides is 2. The molecule has 0 bridgehead atoms. The van der Waals surface area contributed by atoms with Crippen LogP contribution in [0.25, 0.3) is 0 Å². The maximum absolute atomic E-state index is 12.8. The summed E-state index contributed by atoms with van der Waals surface area (Å²) in [6.45, 7) is 7.81. The molecule has 0 radical (unpaired) electrons. The minimum atomic E-state index is -4.71. The summed E-state index contributed by atoms with van der Waals surface area (Å²) < 4.78 is 42.5. The van der Waals surface area contributed by atoms with E-state index in [4.69, 9.17) is 0 Å². The lowest BCUT2D eigenvalue weighted by atomic mass is 9.71. The quantitative estimate of drug-likeness (QED) is 0.381. The van der Waals surface area contributed by atoms with Gasteiger partial charge in [-0.2, -0.15) is 0 Å². The second-order valence-electron chi connectivity index (χ2n) is 11.3. The van der Waals surface area contributed by atoms with Crippen molar-refractivity contribution in [2.75, 3.05) is 26.2 Å². The van der Waals surface area contributed by atoms with Crippen molar-refractivity contribution < 1.29 is 27.5 Å². The van der Waals surface area contributed by atoms with Crippen molar-refractivity contribution in [2.24, 2.45) is 5.92 Å². The van der Waals surface area contributed by atoms with Crippen molar-refractivity contribution in [1.29, 1.82) is 0 Å². The van der Waals surface area contributed by atoms with Gasteiger partial charge in [0.2, 0.25) is 11.8 Å². The van der Waals surface area contributed by atoms with Crippen molar-refractivity contribution in [3.05, 3.63) is 85.5 Å². The summed E-state index contributed by atoms with van der Waals surface area (Å²) in [5, 5.41) is 3.00. The first-order valence-corrected chi connectivity index (χ1v) is 15.1. The summed E-state index contributed by atoms with van der Waals surface area (Å²) in [6.07, 6.45) is -3.39. The number of nitrogens with zero attached hydrogens (tertiary/aromatic N) is 3. The molecule has 2 aromatic carbocycles. The van der Waals surface area contributed by atoms with Gasteiger partial charge in [-0.3, -0.25) is 23.9 Å². The predicted molar refractivity (Wildman–Crippen MR) is 157 cm³/mol. The summed E-state index contributed by atoms with van der Waals surface area (Å²) in [5.41, 5.74) is 3.91. The topological polar surface area (TPSA) is 83.9 Å². The van der Waals surface area contributed by atoms with Gasteiger partial charge in [-0.05, 0) is 61.4 Å². The highest BCUT2D eigenvalue weighted by Gasteiger charge is 2.36. The Morgan fingerprint density at radius 1 is 0.953 bits per heavy atom. The summed E-state index contributed by atoms with van der Waals surface area (Å²) in [4.78, 5) is 42.5. The summed E-state index contributed by atoms with van der Waals surface area (Å²) in [6, 6.07) is 14.0. The fraction of sp³-hybridized carbons (Fsp3) is 0.452. The lowest BCUT2D eigenvalue weighted by Gasteiger charge is -2.35. The maximum atomic E-state index is 12.8. The number of hydrogen-bond donors (Lipinski definition) is 1. The Labute approximate surface area is 252 Å². The van der Waals surface area contributed by atoms with E-state index in [-0.39, 0.29) is 40.8 Å². The number of ether oxygens (including phenoxy) is 1. The van der Waals surface area contributed by atoms with E-state index in [1.54, 1.807) is 16.7 Å². The van der Waals surface area contributed by atoms with E-state index in [2.05, 4.69) is 27.1 Å². The molecule has 230 valence electrons. The second-order valence-corrected chi connectivity index (χ2v) is 12.4. The number of thiazole rings is 1. The molecule has 1 saturated heterocycles. The van der Waals surface area contributed by atoms with Crippen LogP contribution in [0.15, 0.2) is 53.3 Å². The van der Waals surface area contributed by atoms with Gasteiger partial charge in [0.1, 0.15) is 12.3 Å². The molecule has 1 saturated carbocycles. The first kappa shape index (κ1) is 30.8. The van der Waals surface area contributed by atoms with Crippen LogP contribution in [0.1, 0.15) is 46.0 Å². The van der Waals surface area contributed by atoms with Gasteiger partial charge in [0.15, 0.2) is 0 Å². The zero-order valence-electron chi connectivity index (χ0n) is 24.2. The first-order valence-electron chi connectivity index (χ1n) is 14.3. The smallest absolute Gasteiger partial charge is 0.406 e. The van der Waals surface area contributed by atoms with Crippen LogP contribution in [0.5, 0.6) is 5.75 Å². The Balaban J connectivity index is 1.01.